The van der Waals surface area contributed by atoms with Gasteiger partial charge in [-0.1, -0.05) is 30.3 Å². The molecule has 0 spiro atoms. The van der Waals surface area contributed by atoms with Crippen molar-refractivity contribution in [2.24, 2.45) is 0 Å². The molecule has 1 aromatic carbocycles. The van der Waals surface area contributed by atoms with E-state index in [9.17, 15) is 4.79 Å². The number of nitrogen functional groups attached to an aromatic ring is 1. The van der Waals surface area contributed by atoms with Gasteiger partial charge in [0, 0.05) is 18.8 Å². The minimum atomic E-state index is 0. The van der Waals surface area contributed by atoms with Crippen LogP contribution in [0.5, 0.6) is 0 Å². The maximum absolute atomic E-state index is 12.3. The second-order valence-electron chi connectivity index (χ2n) is 4.65. The van der Waals surface area contributed by atoms with Gasteiger partial charge in [-0.25, -0.2) is 0 Å². The van der Waals surface area contributed by atoms with Crippen LogP contribution in [0.15, 0.2) is 48.7 Å². The zero-order valence-corrected chi connectivity index (χ0v) is 12.8. The number of hydrogen-bond donors (Lipinski definition) is 1. The first-order valence-electron chi connectivity index (χ1n) is 6.71. The van der Waals surface area contributed by atoms with Crippen molar-refractivity contribution < 1.29 is 4.79 Å². The zero-order valence-electron chi connectivity index (χ0n) is 12.0. The van der Waals surface area contributed by atoms with E-state index < -0.39 is 0 Å². The highest BCUT2D eigenvalue weighted by molar-refractivity contribution is 5.85. The number of rotatable bonds is 5. The van der Waals surface area contributed by atoms with Crippen LogP contribution in [0, 0.1) is 0 Å². The number of nitrogens with two attached hydrogens (primary N) is 1. The molecule has 112 valence electrons. The fourth-order valence-corrected chi connectivity index (χ4v) is 1.99. The number of aromatic nitrogens is 1. The van der Waals surface area contributed by atoms with Crippen LogP contribution in [0.4, 0.5) is 5.69 Å². The van der Waals surface area contributed by atoms with E-state index in [0.29, 0.717) is 25.2 Å². The third kappa shape index (κ3) is 5.08. The van der Waals surface area contributed by atoms with Gasteiger partial charge in [-0.3, -0.25) is 9.78 Å². The van der Waals surface area contributed by atoms with Crippen molar-refractivity contribution in [1.82, 2.24) is 9.88 Å². The van der Waals surface area contributed by atoms with Crippen molar-refractivity contribution in [3.63, 3.8) is 0 Å². The van der Waals surface area contributed by atoms with Crippen LogP contribution in [-0.4, -0.2) is 22.3 Å². The molecular weight excluding hydrogens is 286 g/mol. The lowest BCUT2D eigenvalue weighted by molar-refractivity contribution is -0.130. The smallest absolute Gasteiger partial charge is 0.228 e. The quantitative estimate of drug-likeness (QED) is 0.924. The minimum Gasteiger partial charge on any atom is -0.397 e. The Bertz CT molecular complexity index is 557. The maximum Gasteiger partial charge on any atom is 0.228 e. The Labute approximate surface area is 131 Å². The standard InChI is InChI=1S/C16H19N3O.ClH/c1-2-19(12-13-6-4-3-5-7-13)16(20)10-15-9-8-14(17)11-18-15;/h3-9,11H,2,10,12,17H2,1H3;1H. The number of hydrogen-bond acceptors (Lipinski definition) is 3. The summed E-state index contributed by atoms with van der Waals surface area (Å²) in [6.07, 6.45) is 1.89. The van der Waals surface area contributed by atoms with Crippen molar-refractivity contribution >= 4 is 24.0 Å². The molecule has 2 rings (SSSR count). The average Bonchev–Trinajstić information content (AvgIpc) is 2.48. The molecule has 0 unspecified atom stereocenters. The van der Waals surface area contributed by atoms with E-state index >= 15 is 0 Å². The summed E-state index contributed by atoms with van der Waals surface area (Å²) in [5.41, 5.74) is 8.08. The van der Waals surface area contributed by atoms with Crippen LogP contribution in [0.25, 0.3) is 0 Å². The minimum absolute atomic E-state index is 0. The molecule has 0 saturated carbocycles. The van der Waals surface area contributed by atoms with Crippen LogP contribution in [-0.2, 0) is 17.8 Å². The molecule has 0 bridgehead atoms. The zero-order chi connectivity index (χ0) is 14.4. The highest BCUT2D eigenvalue weighted by Gasteiger charge is 2.13. The molecule has 5 heteroatoms. The Morgan fingerprint density at radius 3 is 2.48 bits per heavy atom. The molecule has 0 aliphatic rings. The van der Waals surface area contributed by atoms with E-state index in [1.807, 2.05) is 42.2 Å². The van der Waals surface area contributed by atoms with E-state index in [1.165, 1.54) is 0 Å². The lowest BCUT2D eigenvalue weighted by Crippen LogP contribution is -2.31. The van der Waals surface area contributed by atoms with Gasteiger partial charge in [0.25, 0.3) is 0 Å². The fraction of sp³-hybridized carbons (Fsp3) is 0.250. The Morgan fingerprint density at radius 1 is 1.19 bits per heavy atom. The number of pyridine rings is 1. The topological polar surface area (TPSA) is 59.2 Å². The van der Waals surface area contributed by atoms with Crippen LogP contribution in [0.3, 0.4) is 0 Å². The van der Waals surface area contributed by atoms with Gasteiger partial charge in [0.2, 0.25) is 5.91 Å². The molecule has 0 aliphatic carbocycles. The van der Waals surface area contributed by atoms with Crippen molar-refractivity contribution in [3.05, 3.63) is 59.9 Å². The summed E-state index contributed by atoms with van der Waals surface area (Å²) >= 11 is 0. The third-order valence-corrected chi connectivity index (χ3v) is 3.13. The van der Waals surface area contributed by atoms with Gasteiger partial charge in [0.05, 0.1) is 18.3 Å². The molecule has 0 saturated heterocycles. The Hall–Kier alpha value is -2.07. The van der Waals surface area contributed by atoms with Crippen LogP contribution >= 0.6 is 12.4 Å². The molecule has 0 fully saturated rings. The number of amides is 1. The molecule has 21 heavy (non-hydrogen) atoms. The number of anilines is 1. The largest absolute Gasteiger partial charge is 0.397 e. The second-order valence-corrected chi connectivity index (χ2v) is 4.65. The van der Waals surface area contributed by atoms with Gasteiger partial charge in [0.15, 0.2) is 0 Å². The highest BCUT2D eigenvalue weighted by Crippen LogP contribution is 2.08. The number of likely N-dealkylation sites (N-methyl/N-ethyl adjacent to an activating group) is 1. The predicted octanol–water partition coefficient (Wildman–Crippen LogP) is 2.68. The normalized spacial score (nSPS) is 9.76. The second kappa shape index (κ2) is 8.27. The number of halogens is 1. The third-order valence-electron chi connectivity index (χ3n) is 3.13. The number of carbonyl (C=O) groups is 1. The van der Waals surface area contributed by atoms with Crippen LogP contribution < -0.4 is 5.73 Å². The molecule has 2 aromatic rings. The monoisotopic (exact) mass is 305 g/mol. The summed E-state index contributed by atoms with van der Waals surface area (Å²) in [7, 11) is 0. The first-order chi connectivity index (χ1) is 9.69. The molecule has 0 radical (unpaired) electrons. The molecule has 1 aromatic heterocycles. The summed E-state index contributed by atoms with van der Waals surface area (Å²) in [5.74, 6) is 0.0774. The molecule has 2 N–H and O–H groups in total. The van der Waals surface area contributed by atoms with Gasteiger partial charge in [0.1, 0.15) is 0 Å². The predicted molar refractivity (Wildman–Crippen MR) is 87.1 cm³/mol. The van der Waals surface area contributed by atoms with E-state index in [1.54, 1.807) is 18.3 Å². The van der Waals surface area contributed by atoms with Gasteiger partial charge < -0.3 is 10.6 Å². The molecule has 0 aliphatic heterocycles. The number of nitrogens with zero attached hydrogens (tertiary/aromatic N) is 2. The lowest BCUT2D eigenvalue weighted by atomic mass is 10.2. The van der Waals surface area contributed by atoms with E-state index in [0.717, 1.165) is 11.3 Å². The van der Waals surface area contributed by atoms with Crippen molar-refractivity contribution in [2.75, 3.05) is 12.3 Å². The summed E-state index contributed by atoms with van der Waals surface area (Å²) in [5, 5.41) is 0. The summed E-state index contributed by atoms with van der Waals surface area (Å²) < 4.78 is 0. The van der Waals surface area contributed by atoms with E-state index in [2.05, 4.69) is 4.98 Å². The van der Waals surface area contributed by atoms with Gasteiger partial charge in [-0.2, -0.15) is 0 Å². The lowest BCUT2D eigenvalue weighted by Gasteiger charge is -2.21. The molecule has 1 heterocycles. The van der Waals surface area contributed by atoms with Crippen LogP contribution in [0.1, 0.15) is 18.2 Å². The van der Waals surface area contributed by atoms with Gasteiger partial charge >= 0.3 is 0 Å². The molecular formula is C16H20ClN3O. The van der Waals surface area contributed by atoms with Crippen molar-refractivity contribution in [1.29, 1.82) is 0 Å². The van der Waals surface area contributed by atoms with Crippen molar-refractivity contribution in [2.45, 2.75) is 19.9 Å². The van der Waals surface area contributed by atoms with Crippen molar-refractivity contribution in [3.8, 4) is 0 Å². The summed E-state index contributed by atoms with van der Waals surface area (Å²) in [4.78, 5) is 18.3. The van der Waals surface area contributed by atoms with E-state index in [4.69, 9.17) is 5.73 Å². The maximum atomic E-state index is 12.3. The highest BCUT2D eigenvalue weighted by atomic mass is 35.5. The van der Waals surface area contributed by atoms with Gasteiger partial charge in [-0.05, 0) is 24.6 Å². The molecule has 1 amide bonds. The SMILES string of the molecule is CCN(Cc1ccccc1)C(=O)Cc1ccc(N)cn1.Cl. The van der Waals surface area contributed by atoms with Crippen LogP contribution in [0.2, 0.25) is 0 Å². The molecule has 0 atom stereocenters. The Morgan fingerprint density at radius 2 is 1.90 bits per heavy atom. The number of benzene rings is 1. The Balaban J connectivity index is 0.00000220. The van der Waals surface area contributed by atoms with E-state index in [-0.39, 0.29) is 18.3 Å². The Kier molecular flexibility index (Phi) is 6.69. The summed E-state index contributed by atoms with van der Waals surface area (Å²) in [6, 6.07) is 13.5. The summed E-state index contributed by atoms with van der Waals surface area (Å²) in [6.45, 7) is 3.30. The first kappa shape index (κ1) is 17.0. The van der Waals surface area contributed by atoms with Gasteiger partial charge in [-0.15, -0.1) is 12.4 Å². The molecule has 4 nitrogen and oxygen atoms in total. The number of carbonyl (C=O) groups excluding carboxylic acids is 1. The first-order valence-corrected chi connectivity index (χ1v) is 6.71. The average molecular weight is 306 g/mol. The fourth-order valence-electron chi connectivity index (χ4n) is 1.99.